The van der Waals surface area contributed by atoms with Gasteiger partial charge in [-0.05, 0) is 79.1 Å². The molecule has 5 rings (SSSR count). The number of ether oxygens (including phenoxy) is 2. The second kappa shape index (κ2) is 9.88. The summed E-state index contributed by atoms with van der Waals surface area (Å²) in [6, 6.07) is 21.1. The quantitative estimate of drug-likeness (QED) is 0.401. The standard InChI is InChI=1S/C31H36N2O3/c1-20(2)22-12-14-26-23(18-22)9-8-16-32(26)28-17-21(3)33(27-11-7-6-10-25(27)28)31(34)24-13-15-29(35-4)30(19-24)36-5/h6-7,10-15,18-21,28H,8-9,16-17H2,1-5H3. The molecule has 188 valence electrons. The number of amides is 1. The van der Waals surface area contributed by atoms with Gasteiger partial charge in [-0.2, -0.15) is 0 Å². The summed E-state index contributed by atoms with van der Waals surface area (Å²) in [6.45, 7) is 7.70. The van der Waals surface area contributed by atoms with Gasteiger partial charge in [0.1, 0.15) is 0 Å². The van der Waals surface area contributed by atoms with Crippen molar-refractivity contribution in [3.63, 3.8) is 0 Å². The molecule has 5 heteroatoms. The molecule has 0 radical (unpaired) electrons. The molecule has 2 atom stereocenters. The number of nitrogens with zero attached hydrogens (tertiary/aromatic N) is 2. The number of hydrogen-bond acceptors (Lipinski definition) is 4. The molecule has 0 spiro atoms. The van der Waals surface area contributed by atoms with Gasteiger partial charge in [-0.25, -0.2) is 0 Å². The highest BCUT2D eigenvalue weighted by atomic mass is 16.5. The van der Waals surface area contributed by atoms with Gasteiger partial charge in [0.25, 0.3) is 5.91 Å². The largest absolute Gasteiger partial charge is 0.493 e. The number of fused-ring (bicyclic) bond motifs is 2. The molecule has 2 aliphatic heterocycles. The van der Waals surface area contributed by atoms with Crippen molar-refractivity contribution in [3.8, 4) is 11.5 Å². The van der Waals surface area contributed by atoms with Gasteiger partial charge < -0.3 is 19.3 Å². The number of carbonyl (C=O) groups is 1. The van der Waals surface area contributed by atoms with Gasteiger partial charge in [0, 0.05) is 29.5 Å². The van der Waals surface area contributed by atoms with Crippen molar-refractivity contribution in [2.45, 2.75) is 58.0 Å². The molecule has 0 aliphatic carbocycles. The number of para-hydroxylation sites is 1. The van der Waals surface area contributed by atoms with Crippen molar-refractivity contribution in [2.24, 2.45) is 0 Å². The van der Waals surface area contributed by atoms with E-state index in [9.17, 15) is 4.79 Å². The molecule has 0 saturated heterocycles. The molecule has 36 heavy (non-hydrogen) atoms. The van der Waals surface area contributed by atoms with E-state index in [1.165, 1.54) is 22.4 Å². The highest BCUT2D eigenvalue weighted by molar-refractivity contribution is 6.07. The Balaban J connectivity index is 1.52. The number of anilines is 2. The van der Waals surface area contributed by atoms with Crippen molar-refractivity contribution in [1.29, 1.82) is 0 Å². The third-order valence-electron chi connectivity index (χ3n) is 7.71. The lowest BCUT2D eigenvalue weighted by molar-refractivity contribution is 0.0973. The van der Waals surface area contributed by atoms with E-state index in [4.69, 9.17) is 9.47 Å². The predicted octanol–water partition coefficient (Wildman–Crippen LogP) is 6.76. The molecule has 2 aliphatic rings. The Morgan fingerprint density at radius 3 is 2.47 bits per heavy atom. The number of methoxy groups -OCH3 is 2. The minimum Gasteiger partial charge on any atom is -0.493 e. The highest BCUT2D eigenvalue weighted by Gasteiger charge is 2.38. The number of carbonyl (C=O) groups excluding carboxylic acids is 1. The Kier molecular flexibility index (Phi) is 6.65. The summed E-state index contributed by atoms with van der Waals surface area (Å²) in [5.74, 6) is 1.68. The minimum atomic E-state index is -0.0185. The average molecular weight is 485 g/mol. The fourth-order valence-electron chi connectivity index (χ4n) is 5.82. The van der Waals surface area contributed by atoms with Gasteiger partial charge in [-0.1, -0.05) is 44.2 Å². The van der Waals surface area contributed by atoms with E-state index in [0.29, 0.717) is 23.0 Å². The smallest absolute Gasteiger partial charge is 0.258 e. The van der Waals surface area contributed by atoms with Gasteiger partial charge in [-0.15, -0.1) is 0 Å². The van der Waals surface area contributed by atoms with Gasteiger partial charge in [0.15, 0.2) is 11.5 Å². The molecule has 3 aromatic rings. The Labute approximate surface area is 214 Å². The lowest BCUT2D eigenvalue weighted by Gasteiger charge is -2.46. The Morgan fingerprint density at radius 1 is 0.944 bits per heavy atom. The van der Waals surface area contributed by atoms with Crippen LogP contribution in [0.1, 0.15) is 72.6 Å². The van der Waals surface area contributed by atoms with Crippen LogP contribution in [-0.2, 0) is 6.42 Å². The second-order valence-electron chi connectivity index (χ2n) is 10.2. The third-order valence-corrected chi connectivity index (χ3v) is 7.71. The summed E-state index contributed by atoms with van der Waals surface area (Å²) >= 11 is 0. The Morgan fingerprint density at radius 2 is 1.72 bits per heavy atom. The first kappa shape index (κ1) is 24.2. The molecule has 0 bridgehead atoms. The monoisotopic (exact) mass is 484 g/mol. The fraction of sp³-hybridized carbons (Fsp3) is 0.387. The first-order chi connectivity index (χ1) is 17.4. The van der Waals surface area contributed by atoms with Crippen molar-refractivity contribution in [2.75, 3.05) is 30.6 Å². The van der Waals surface area contributed by atoms with Crippen molar-refractivity contribution >= 4 is 17.3 Å². The maximum absolute atomic E-state index is 13.8. The van der Waals surface area contributed by atoms with Crippen LogP contribution in [0.5, 0.6) is 11.5 Å². The lowest BCUT2D eigenvalue weighted by Crippen LogP contribution is -2.47. The summed E-state index contributed by atoms with van der Waals surface area (Å²) in [6.07, 6.45) is 3.15. The van der Waals surface area contributed by atoms with Crippen LogP contribution in [-0.4, -0.2) is 32.7 Å². The first-order valence-corrected chi connectivity index (χ1v) is 13.0. The van der Waals surface area contributed by atoms with Crippen LogP contribution in [0.25, 0.3) is 0 Å². The van der Waals surface area contributed by atoms with E-state index in [0.717, 1.165) is 31.5 Å². The van der Waals surface area contributed by atoms with E-state index in [1.807, 2.05) is 17.0 Å². The highest BCUT2D eigenvalue weighted by Crippen LogP contribution is 2.45. The predicted molar refractivity (Wildman–Crippen MR) is 146 cm³/mol. The van der Waals surface area contributed by atoms with E-state index in [2.05, 4.69) is 62.1 Å². The Hall–Kier alpha value is -3.47. The summed E-state index contributed by atoms with van der Waals surface area (Å²) in [7, 11) is 3.20. The Bertz CT molecular complexity index is 1270. The van der Waals surface area contributed by atoms with Crippen LogP contribution in [0.15, 0.2) is 60.7 Å². The van der Waals surface area contributed by atoms with Gasteiger partial charge >= 0.3 is 0 Å². The van der Waals surface area contributed by atoms with Gasteiger partial charge in [-0.3, -0.25) is 4.79 Å². The number of benzene rings is 3. The van der Waals surface area contributed by atoms with E-state index in [-0.39, 0.29) is 18.0 Å². The van der Waals surface area contributed by atoms with Crippen LogP contribution in [0.2, 0.25) is 0 Å². The van der Waals surface area contributed by atoms with Crippen molar-refractivity contribution < 1.29 is 14.3 Å². The summed E-state index contributed by atoms with van der Waals surface area (Å²) in [4.78, 5) is 18.4. The molecule has 5 nitrogen and oxygen atoms in total. The summed E-state index contributed by atoms with van der Waals surface area (Å²) in [5, 5.41) is 0. The number of aryl methyl sites for hydroxylation is 1. The van der Waals surface area contributed by atoms with Gasteiger partial charge in [0.2, 0.25) is 0 Å². The van der Waals surface area contributed by atoms with Crippen LogP contribution < -0.4 is 19.3 Å². The minimum absolute atomic E-state index is 0.0185. The van der Waals surface area contributed by atoms with Crippen molar-refractivity contribution in [3.05, 3.63) is 82.9 Å². The van der Waals surface area contributed by atoms with E-state index < -0.39 is 0 Å². The van der Waals surface area contributed by atoms with Crippen LogP contribution in [0.4, 0.5) is 11.4 Å². The van der Waals surface area contributed by atoms with Gasteiger partial charge in [0.05, 0.1) is 20.3 Å². The fourth-order valence-corrected chi connectivity index (χ4v) is 5.82. The SMILES string of the molecule is COc1ccc(C(=O)N2c3ccccc3C(N3CCCc4cc(C(C)C)ccc43)CC2C)cc1OC. The average Bonchev–Trinajstić information content (AvgIpc) is 2.91. The molecule has 2 unspecified atom stereocenters. The van der Waals surface area contributed by atoms with Crippen LogP contribution in [0, 0.1) is 0 Å². The second-order valence-corrected chi connectivity index (χ2v) is 10.2. The van der Waals surface area contributed by atoms with Crippen LogP contribution >= 0.6 is 0 Å². The van der Waals surface area contributed by atoms with E-state index >= 15 is 0 Å². The normalized spacial score (nSPS) is 19.1. The third kappa shape index (κ3) is 4.21. The first-order valence-electron chi connectivity index (χ1n) is 13.0. The topological polar surface area (TPSA) is 42.0 Å². The molecule has 2 heterocycles. The molecule has 1 amide bonds. The number of hydrogen-bond donors (Lipinski definition) is 0. The summed E-state index contributed by atoms with van der Waals surface area (Å²) < 4.78 is 10.8. The maximum atomic E-state index is 13.8. The zero-order chi connectivity index (χ0) is 25.4. The van der Waals surface area contributed by atoms with Crippen LogP contribution in [0.3, 0.4) is 0 Å². The summed E-state index contributed by atoms with van der Waals surface area (Å²) in [5.41, 5.74) is 6.99. The molecule has 0 aromatic heterocycles. The maximum Gasteiger partial charge on any atom is 0.258 e. The van der Waals surface area contributed by atoms with Crippen molar-refractivity contribution in [1.82, 2.24) is 0 Å². The molecule has 3 aromatic carbocycles. The molecule has 0 fully saturated rings. The number of rotatable bonds is 5. The van der Waals surface area contributed by atoms with E-state index in [1.54, 1.807) is 26.4 Å². The molecule has 0 N–H and O–H groups in total. The zero-order valence-electron chi connectivity index (χ0n) is 22.0. The molecular formula is C31H36N2O3. The lowest BCUT2D eigenvalue weighted by atomic mass is 9.87. The zero-order valence-corrected chi connectivity index (χ0v) is 22.0. The molecule has 0 saturated carbocycles. The molecular weight excluding hydrogens is 448 g/mol.